The Morgan fingerprint density at radius 2 is 2.15 bits per heavy atom. The fraction of sp³-hybridized carbons (Fsp3) is 0.308. The molecule has 0 amide bonds. The van der Waals surface area contributed by atoms with Crippen molar-refractivity contribution in [3.8, 4) is 0 Å². The third-order valence-electron chi connectivity index (χ3n) is 2.40. The number of hydrogen-bond acceptors (Lipinski definition) is 3. The second-order valence-electron chi connectivity index (χ2n) is 3.89. The molecule has 0 aliphatic rings. The van der Waals surface area contributed by atoms with Gasteiger partial charge in [-0.1, -0.05) is 0 Å². The van der Waals surface area contributed by atoms with Gasteiger partial charge in [0.1, 0.15) is 0 Å². The maximum atomic E-state index is 4.57. The number of aliphatic imine (C=N–C) groups is 1. The molecule has 0 fully saturated rings. The van der Waals surface area contributed by atoms with Crippen molar-refractivity contribution in [2.75, 3.05) is 6.54 Å². The summed E-state index contributed by atoms with van der Waals surface area (Å²) in [5.41, 5.74) is 1.25. The molecule has 2 N–H and O–H groups in total. The van der Waals surface area contributed by atoms with Gasteiger partial charge in [0.05, 0.1) is 16.9 Å². The van der Waals surface area contributed by atoms with Gasteiger partial charge in [-0.2, -0.15) is 11.3 Å². The molecule has 0 aliphatic heterocycles. The predicted octanol–water partition coefficient (Wildman–Crippen LogP) is 4.45. The Kier molecular flexibility index (Phi) is 8.74. The number of thiophene rings is 2. The third-order valence-corrected chi connectivity index (χ3v) is 4.76. The van der Waals surface area contributed by atoms with Gasteiger partial charge in [0, 0.05) is 11.4 Å². The first-order valence-corrected chi connectivity index (χ1v) is 8.60. The summed E-state index contributed by atoms with van der Waals surface area (Å²) >= 11 is 6.91. The number of halogens is 2. The minimum atomic E-state index is 0. The van der Waals surface area contributed by atoms with Gasteiger partial charge in [-0.15, -0.1) is 35.3 Å². The Morgan fingerprint density at radius 3 is 2.75 bits per heavy atom. The Bertz CT molecular complexity index is 525. The van der Waals surface area contributed by atoms with Crippen LogP contribution in [-0.2, 0) is 13.1 Å². The minimum Gasteiger partial charge on any atom is -0.357 e. The van der Waals surface area contributed by atoms with Crippen molar-refractivity contribution in [2.45, 2.75) is 20.0 Å². The fourth-order valence-corrected chi connectivity index (χ4v) is 3.60. The van der Waals surface area contributed by atoms with Gasteiger partial charge in [-0.05, 0) is 57.4 Å². The van der Waals surface area contributed by atoms with Crippen LogP contribution in [0.15, 0.2) is 37.7 Å². The van der Waals surface area contributed by atoms with Gasteiger partial charge < -0.3 is 10.6 Å². The largest absolute Gasteiger partial charge is 0.357 e. The number of rotatable bonds is 5. The quantitative estimate of drug-likeness (QED) is 0.373. The van der Waals surface area contributed by atoms with Gasteiger partial charge in [-0.3, -0.25) is 0 Å². The summed E-state index contributed by atoms with van der Waals surface area (Å²) in [4.78, 5) is 5.86. The lowest BCUT2D eigenvalue weighted by atomic mass is 10.3. The summed E-state index contributed by atoms with van der Waals surface area (Å²) in [6.45, 7) is 4.45. The van der Waals surface area contributed by atoms with Crippen molar-refractivity contribution >= 4 is 68.5 Å². The minimum absolute atomic E-state index is 0. The van der Waals surface area contributed by atoms with Crippen LogP contribution in [0.4, 0.5) is 0 Å². The molecular formula is C13H17BrIN3S2. The van der Waals surface area contributed by atoms with Crippen LogP contribution in [0.25, 0.3) is 0 Å². The number of guanidine groups is 1. The van der Waals surface area contributed by atoms with Crippen LogP contribution >= 0.6 is 62.6 Å². The lowest BCUT2D eigenvalue weighted by molar-refractivity contribution is 0.824. The van der Waals surface area contributed by atoms with E-state index in [9.17, 15) is 0 Å². The van der Waals surface area contributed by atoms with Crippen LogP contribution in [0, 0.1) is 0 Å². The summed E-state index contributed by atoms with van der Waals surface area (Å²) in [5.74, 6) is 0.859. The predicted molar refractivity (Wildman–Crippen MR) is 103 cm³/mol. The molecule has 110 valence electrons. The molecule has 0 bridgehead atoms. The van der Waals surface area contributed by atoms with Crippen molar-refractivity contribution in [1.82, 2.24) is 10.6 Å². The topological polar surface area (TPSA) is 36.4 Å². The van der Waals surface area contributed by atoms with E-state index in [0.29, 0.717) is 6.54 Å². The summed E-state index contributed by atoms with van der Waals surface area (Å²) in [6.07, 6.45) is 0. The molecule has 0 spiro atoms. The second kappa shape index (κ2) is 9.75. The summed E-state index contributed by atoms with van der Waals surface area (Å²) in [6, 6.07) is 6.29. The van der Waals surface area contributed by atoms with Crippen LogP contribution < -0.4 is 10.6 Å². The van der Waals surface area contributed by atoms with E-state index in [1.54, 1.807) is 22.7 Å². The van der Waals surface area contributed by atoms with Gasteiger partial charge in [0.25, 0.3) is 0 Å². The van der Waals surface area contributed by atoms with Crippen molar-refractivity contribution in [2.24, 2.45) is 4.99 Å². The lowest BCUT2D eigenvalue weighted by Gasteiger charge is -2.10. The van der Waals surface area contributed by atoms with Gasteiger partial charge in [0.15, 0.2) is 5.96 Å². The molecule has 0 atom stereocenters. The van der Waals surface area contributed by atoms with E-state index in [0.717, 1.165) is 22.8 Å². The van der Waals surface area contributed by atoms with Gasteiger partial charge in [0.2, 0.25) is 0 Å². The number of nitrogens with zero attached hydrogens (tertiary/aromatic N) is 1. The smallest absolute Gasteiger partial charge is 0.191 e. The molecule has 0 saturated heterocycles. The van der Waals surface area contributed by atoms with E-state index < -0.39 is 0 Å². The standard InChI is InChI=1S/C13H16BrN3S2.HI/c1-2-15-13(16-7-10-5-6-18-9-10)17-8-11-3-4-12(14)19-11;/h3-6,9H,2,7-8H2,1H3,(H2,15,16,17);1H. The molecule has 2 rings (SSSR count). The maximum absolute atomic E-state index is 4.57. The summed E-state index contributed by atoms with van der Waals surface area (Å²) < 4.78 is 1.16. The molecule has 0 saturated carbocycles. The average Bonchev–Trinajstić information content (AvgIpc) is 3.04. The van der Waals surface area contributed by atoms with Crippen molar-refractivity contribution in [3.63, 3.8) is 0 Å². The molecule has 2 heterocycles. The highest BCUT2D eigenvalue weighted by atomic mass is 127. The molecular weight excluding hydrogens is 469 g/mol. The van der Waals surface area contributed by atoms with E-state index >= 15 is 0 Å². The molecule has 0 aromatic carbocycles. The monoisotopic (exact) mass is 485 g/mol. The van der Waals surface area contributed by atoms with Crippen LogP contribution in [0.2, 0.25) is 0 Å². The fourth-order valence-electron chi connectivity index (χ4n) is 1.51. The zero-order valence-electron chi connectivity index (χ0n) is 11.1. The second-order valence-corrected chi connectivity index (χ2v) is 7.21. The first-order chi connectivity index (χ1) is 9.28. The number of hydrogen-bond donors (Lipinski definition) is 2. The lowest BCUT2D eigenvalue weighted by Crippen LogP contribution is -2.36. The average molecular weight is 486 g/mol. The molecule has 0 radical (unpaired) electrons. The molecule has 7 heteroatoms. The van der Waals surface area contributed by atoms with Crippen LogP contribution in [0.1, 0.15) is 17.4 Å². The molecule has 0 unspecified atom stereocenters. The van der Waals surface area contributed by atoms with Crippen LogP contribution in [0.3, 0.4) is 0 Å². The molecule has 3 nitrogen and oxygen atoms in total. The highest BCUT2D eigenvalue weighted by Crippen LogP contribution is 2.21. The van der Waals surface area contributed by atoms with E-state index in [4.69, 9.17) is 0 Å². The molecule has 0 aliphatic carbocycles. The van der Waals surface area contributed by atoms with E-state index in [2.05, 4.69) is 67.4 Å². The number of nitrogens with one attached hydrogen (secondary N) is 2. The van der Waals surface area contributed by atoms with Crippen LogP contribution in [-0.4, -0.2) is 12.5 Å². The van der Waals surface area contributed by atoms with Crippen LogP contribution in [0.5, 0.6) is 0 Å². The molecule has 2 aromatic rings. The summed E-state index contributed by atoms with van der Waals surface area (Å²) in [5, 5.41) is 10.8. The normalized spacial score (nSPS) is 11.0. The van der Waals surface area contributed by atoms with Gasteiger partial charge in [-0.25, -0.2) is 4.99 Å². The zero-order valence-corrected chi connectivity index (χ0v) is 16.6. The SMILES string of the molecule is CCNC(=NCc1ccsc1)NCc1ccc(Br)s1.I. The first kappa shape index (κ1) is 17.9. The first-order valence-electron chi connectivity index (χ1n) is 6.05. The maximum Gasteiger partial charge on any atom is 0.191 e. The molecule has 20 heavy (non-hydrogen) atoms. The van der Waals surface area contributed by atoms with Gasteiger partial charge >= 0.3 is 0 Å². The molecule has 2 aromatic heterocycles. The zero-order chi connectivity index (χ0) is 13.5. The Hall–Kier alpha value is -0.120. The highest BCUT2D eigenvalue weighted by molar-refractivity contribution is 14.0. The van der Waals surface area contributed by atoms with Crippen molar-refractivity contribution in [1.29, 1.82) is 0 Å². The Morgan fingerprint density at radius 1 is 1.30 bits per heavy atom. The highest BCUT2D eigenvalue weighted by Gasteiger charge is 2.01. The van der Waals surface area contributed by atoms with E-state index in [1.165, 1.54) is 10.4 Å². The Balaban J connectivity index is 0.00000200. The Labute approximate surface area is 153 Å². The van der Waals surface area contributed by atoms with Crippen molar-refractivity contribution < 1.29 is 0 Å². The van der Waals surface area contributed by atoms with E-state index in [-0.39, 0.29) is 24.0 Å². The third kappa shape index (κ3) is 6.11. The summed E-state index contributed by atoms with van der Waals surface area (Å²) in [7, 11) is 0. The van der Waals surface area contributed by atoms with Crippen molar-refractivity contribution in [3.05, 3.63) is 43.2 Å². The van der Waals surface area contributed by atoms with E-state index in [1.807, 2.05) is 0 Å².